The number of hydrogen-bond donors (Lipinski definition) is 0. The maximum Gasteiger partial charge on any atom is 0.308 e. The van der Waals surface area contributed by atoms with E-state index in [1.54, 1.807) is 0 Å². The monoisotopic (exact) mass is 350 g/mol. The first kappa shape index (κ1) is 16.9. The molecule has 130 valence electrons. The van der Waals surface area contributed by atoms with Crippen molar-refractivity contribution < 1.29 is 14.3 Å². The predicted molar refractivity (Wildman–Crippen MR) is 90.3 cm³/mol. The van der Waals surface area contributed by atoms with Crippen molar-refractivity contribution in [2.45, 2.75) is 39.5 Å². The Balaban J connectivity index is 1.80. The highest BCUT2D eigenvalue weighted by Crippen LogP contribution is 2.28. The molecule has 0 aliphatic carbocycles. The lowest BCUT2D eigenvalue weighted by Gasteiger charge is -2.30. The fourth-order valence-corrected chi connectivity index (χ4v) is 4.17. The number of hydrogen-bond acceptors (Lipinski definition) is 6. The number of carbonyl (C=O) groups is 2. The number of thiazole rings is 1. The minimum atomic E-state index is -0.180. The molecule has 0 spiro atoms. The van der Waals surface area contributed by atoms with Crippen LogP contribution in [0, 0.1) is 12.8 Å². The van der Waals surface area contributed by atoms with Crippen LogP contribution in [0.5, 0.6) is 0 Å². The third-order valence-electron chi connectivity index (χ3n) is 4.54. The van der Waals surface area contributed by atoms with Crippen LogP contribution in [0.15, 0.2) is 0 Å². The second-order valence-corrected chi connectivity index (χ2v) is 7.41. The van der Waals surface area contributed by atoms with Crippen LogP contribution in [0.2, 0.25) is 0 Å². The van der Waals surface area contributed by atoms with Crippen molar-refractivity contribution in [3.63, 3.8) is 0 Å². The number of likely N-dealkylation sites (tertiary alicyclic amines) is 1. The first-order chi connectivity index (χ1) is 11.4. The van der Waals surface area contributed by atoms with Gasteiger partial charge < -0.3 is 9.64 Å². The molecule has 0 aromatic carbocycles. The summed E-state index contributed by atoms with van der Waals surface area (Å²) in [5.41, 5.74) is 0.892. The summed E-state index contributed by atoms with van der Waals surface area (Å²) in [5, 5.41) is 8.41. The van der Waals surface area contributed by atoms with E-state index >= 15 is 0 Å². The fourth-order valence-electron chi connectivity index (χ4n) is 3.13. The molecule has 0 radical (unpaired) electrons. The molecule has 2 aromatic heterocycles. The summed E-state index contributed by atoms with van der Waals surface area (Å²) in [4.78, 5) is 27.8. The minimum absolute atomic E-state index is 0.0148. The van der Waals surface area contributed by atoms with Gasteiger partial charge in [0.1, 0.15) is 10.7 Å². The Morgan fingerprint density at radius 2 is 1.92 bits per heavy atom. The number of aromatic nitrogens is 3. The summed E-state index contributed by atoms with van der Waals surface area (Å²) >= 11 is 1.38. The Hall–Kier alpha value is -1.96. The molecule has 1 saturated heterocycles. The van der Waals surface area contributed by atoms with E-state index in [-0.39, 0.29) is 23.7 Å². The summed E-state index contributed by atoms with van der Waals surface area (Å²) in [6.45, 7) is 7.22. The van der Waals surface area contributed by atoms with E-state index in [4.69, 9.17) is 4.74 Å². The number of ether oxygens (including phenoxy) is 1. The molecule has 8 heteroatoms. The molecule has 0 N–H and O–H groups in total. The van der Waals surface area contributed by atoms with Gasteiger partial charge in [0.15, 0.2) is 0 Å². The number of aryl methyl sites for hydroxylation is 1. The largest absolute Gasteiger partial charge is 0.469 e. The van der Waals surface area contributed by atoms with Crippen molar-refractivity contribution in [3.05, 3.63) is 16.4 Å². The lowest BCUT2D eigenvalue weighted by Crippen LogP contribution is -2.40. The predicted octanol–water partition coefficient (Wildman–Crippen LogP) is 2.25. The molecule has 1 fully saturated rings. The molecular formula is C16H22N4O3S. The van der Waals surface area contributed by atoms with Crippen molar-refractivity contribution in [3.8, 4) is 0 Å². The van der Waals surface area contributed by atoms with E-state index in [2.05, 4.69) is 24.0 Å². The Morgan fingerprint density at radius 3 is 2.50 bits per heavy atom. The molecule has 24 heavy (non-hydrogen) atoms. The van der Waals surface area contributed by atoms with Gasteiger partial charge in [-0.2, -0.15) is 0 Å². The van der Waals surface area contributed by atoms with Crippen LogP contribution < -0.4 is 0 Å². The first-order valence-electron chi connectivity index (χ1n) is 8.15. The topological polar surface area (TPSA) is 76.8 Å². The number of piperidine rings is 1. The Kier molecular flexibility index (Phi) is 4.58. The molecule has 1 aliphatic heterocycles. The van der Waals surface area contributed by atoms with Gasteiger partial charge in [0.25, 0.3) is 5.91 Å². The van der Waals surface area contributed by atoms with Gasteiger partial charge in [0.05, 0.1) is 13.0 Å². The normalized spacial score (nSPS) is 16.1. The van der Waals surface area contributed by atoms with Gasteiger partial charge in [-0.1, -0.05) is 25.2 Å². The second kappa shape index (κ2) is 6.51. The van der Waals surface area contributed by atoms with Crippen molar-refractivity contribution in [1.82, 2.24) is 19.5 Å². The molecule has 0 bridgehead atoms. The molecule has 0 atom stereocenters. The van der Waals surface area contributed by atoms with Crippen molar-refractivity contribution >= 4 is 28.2 Å². The van der Waals surface area contributed by atoms with Gasteiger partial charge in [-0.15, -0.1) is 10.2 Å². The van der Waals surface area contributed by atoms with Crippen molar-refractivity contribution in [1.29, 1.82) is 0 Å². The van der Waals surface area contributed by atoms with E-state index in [0.717, 1.165) is 16.5 Å². The van der Waals surface area contributed by atoms with Crippen molar-refractivity contribution in [2.24, 2.45) is 5.92 Å². The Bertz CT molecular complexity index is 772. The minimum Gasteiger partial charge on any atom is -0.469 e. The number of carbonyl (C=O) groups excluding carboxylic acids is 2. The van der Waals surface area contributed by atoms with E-state index in [9.17, 15) is 9.59 Å². The van der Waals surface area contributed by atoms with Crippen LogP contribution in [-0.4, -0.2) is 51.6 Å². The van der Waals surface area contributed by atoms with Crippen LogP contribution >= 0.6 is 11.3 Å². The van der Waals surface area contributed by atoms with Crippen LogP contribution in [0.1, 0.15) is 53.8 Å². The smallest absolute Gasteiger partial charge is 0.308 e. The molecule has 0 unspecified atom stereocenters. The highest BCUT2D eigenvalue weighted by atomic mass is 32.1. The molecule has 1 amide bonds. The highest BCUT2D eigenvalue weighted by molar-refractivity contribution is 7.19. The molecule has 7 nitrogen and oxygen atoms in total. The average Bonchev–Trinajstić information content (AvgIpc) is 3.14. The summed E-state index contributed by atoms with van der Waals surface area (Å²) in [6.07, 6.45) is 1.30. The maximum absolute atomic E-state index is 12.9. The molecule has 0 saturated carbocycles. The zero-order valence-electron chi connectivity index (χ0n) is 14.4. The second-order valence-electron chi connectivity index (χ2n) is 6.44. The molecular weight excluding hydrogens is 328 g/mol. The van der Waals surface area contributed by atoms with E-state index < -0.39 is 0 Å². The first-order valence-corrected chi connectivity index (χ1v) is 8.97. The number of fused-ring (bicyclic) bond motifs is 1. The zero-order chi connectivity index (χ0) is 17.4. The molecule has 1 aliphatic rings. The maximum atomic E-state index is 12.9. The van der Waals surface area contributed by atoms with E-state index in [1.807, 2.05) is 16.2 Å². The van der Waals surface area contributed by atoms with Gasteiger partial charge in [-0.3, -0.25) is 14.0 Å². The van der Waals surface area contributed by atoms with Gasteiger partial charge in [-0.05, 0) is 19.8 Å². The summed E-state index contributed by atoms with van der Waals surface area (Å²) < 4.78 is 6.77. The number of amides is 1. The molecule has 3 heterocycles. The average molecular weight is 350 g/mol. The highest BCUT2D eigenvalue weighted by Gasteiger charge is 2.30. The van der Waals surface area contributed by atoms with E-state index in [0.29, 0.717) is 30.8 Å². The number of esters is 1. The van der Waals surface area contributed by atoms with Gasteiger partial charge in [0.2, 0.25) is 4.96 Å². The van der Waals surface area contributed by atoms with Crippen LogP contribution in [0.25, 0.3) is 4.96 Å². The number of nitrogens with zero attached hydrogens (tertiary/aromatic N) is 4. The van der Waals surface area contributed by atoms with Gasteiger partial charge in [-0.25, -0.2) is 0 Å². The lowest BCUT2D eigenvalue weighted by molar-refractivity contribution is -0.146. The third-order valence-corrected chi connectivity index (χ3v) is 5.66. The fraction of sp³-hybridized carbons (Fsp3) is 0.625. The standard InChI is InChI=1S/C16H22N4O3S/c1-9(2)13-17-18-16-20(13)10(3)12(24-16)14(21)19-7-5-11(6-8-19)15(22)23-4/h9,11H,5-8H2,1-4H3. The summed E-state index contributed by atoms with van der Waals surface area (Å²) in [7, 11) is 1.41. The molecule has 2 aromatic rings. The van der Waals surface area contributed by atoms with Crippen molar-refractivity contribution in [2.75, 3.05) is 20.2 Å². The van der Waals surface area contributed by atoms with Crippen LogP contribution in [0.4, 0.5) is 0 Å². The van der Waals surface area contributed by atoms with Crippen LogP contribution in [0.3, 0.4) is 0 Å². The van der Waals surface area contributed by atoms with Gasteiger partial charge in [0, 0.05) is 24.7 Å². The summed E-state index contributed by atoms with van der Waals surface area (Å²) in [5.74, 6) is 0.855. The third kappa shape index (κ3) is 2.79. The van der Waals surface area contributed by atoms with Gasteiger partial charge >= 0.3 is 5.97 Å². The quantitative estimate of drug-likeness (QED) is 0.794. The van der Waals surface area contributed by atoms with E-state index in [1.165, 1.54) is 18.4 Å². The molecule has 3 rings (SSSR count). The van der Waals surface area contributed by atoms with Crippen LogP contribution in [-0.2, 0) is 9.53 Å². The number of methoxy groups -OCH3 is 1. The Morgan fingerprint density at radius 1 is 1.25 bits per heavy atom. The number of rotatable bonds is 3. The summed E-state index contributed by atoms with van der Waals surface area (Å²) in [6, 6.07) is 0. The zero-order valence-corrected chi connectivity index (χ0v) is 15.2. The SMILES string of the molecule is COC(=O)C1CCN(C(=O)c2sc3nnc(C(C)C)n3c2C)CC1. The lowest BCUT2D eigenvalue weighted by atomic mass is 9.97. The Labute approximate surface area is 144 Å².